The largest absolute Gasteiger partial charge is 0.352 e. The van der Waals surface area contributed by atoms with Gasteiger partial charge < -0.3 is 9.88 Å². The molecule has 0 radical (unpaired) electrons. The summed E-state index contributed by atoms with van der Waals surface area (Å²) in [5.74, 6) is -0.609. The highest BCUT2D eigenvalue weighted by molar-refractivity contribution is 6.31. The number of benzene rings is 3. The highest BCUT2D eigenvalue weighted by atomic mass is 35.5. The maximum absolute atomic E-state index is 14.4. The number of imidazole rings is 1. The lowest BCUT2D eigenvalue weighted by molar-refractivity contribution is 0.0949. The number of carbonyl (C=O) groups is 1. The smallest absolute Gasteiger partial charge is 0.254 e. The standard InChI is InChI=1S/C24H20ClF2N3O/c25-18-8-5-10-20(27)17(18)15-30-22-12-4-3-11-21(22)29-23(30)13-6-14-28-24(31)16-7-1-2-9-19(16)26/h1-5,7-12H,6,13-15H2,(H,28,31). The van der Waals surface area contributed by atoms with Crippen LogP contribution in [-0.2, 0) is 13.0 Å². The van der Waals surface area contributed by atoms with Crippen molar-refractivity contribution in [2.45, 2.75) is 19.4 Å². The fraction of sp³-hybridized carbons (Fsp3) is 0.167. The minimum atomic E-state index is -0.552. The molecular weight excluding hydrogens is 420 g/mol. The van der Waals surface area contributed by atoms with Crippen molar-refractivity contribution in [3.05, 3.63) is 100 Å². The lowest BCUT2D eigenvalue weighted by Crippen LogP contribution is -2.25. The van der Waals surface area contributed by atoms with Crippen molar-refractivity contribution in [2.24, 2.45) is 0 Å². The third-order valence-electron chi connectivity index (χ3n) is 5.09. The summed E-state index contributed by atoms with van der Waals surface area (Å²) in [7, 11) is 0. The molecule has 1 heterocycles. The van der Waals surface area contributed by atoms with Gasteiger partial charge in [0.15, 0.2) is 0 Å². The highest BCUT2D eigenvalue weighted by Crippen LogP contribution is 2.24. The van der Waals surface area contributed by atoms with Gasteiger partial charge in [-0.25, -0.2) is 13.8 Å². The van der Waals surface area contributed by atoms with E-state index in [-0.39, 0.29) is 17.9 Å². The normalized spacial score (nSPS) is 11.1. The number of amides is 1. The van der Waals surface area contributed by atoms with Crippen molar-refractivity contribution < 1.29 is 13.6 Å². The van der Waals surface area contributed by atoms with Crippen LogP contribution in [0.15, 0.2) is 66.7 Å². The number of fused-ring (bicyclic) bond motifs is 1. The molecule has 4 aromatic rings. The Morgan fingerprint density at radius 3 is 2.52 bits per heavy atom. The number of nitrogens with zero attached hydrogens (tertiary/aromatic N) is 2. The molecule has 0 saturated heterocycles. The van der Waals surface area contributed by atoms with Gasteiger partial charge in [0.25, 0.3) is 5.91 Å². The van der Waals surface area contributed by atoms with Crippen LogP contribution in [0.3, 0.4) is 0 Å². The summed E-state index contributed by atoms with van der Waals surface area (Å²) in [6.45, 7) is 0.611. The number of nitrogens with one attached hydrogen (secondary N) is 1. The number of rotatable bonds is 7. The topological polar surface area (TPSA) is 46.9 Å². The average molecular weight is 440 g/mol. The molecule has 0 atom stereocenters. The minimum absolute atomic E-state index is 0.0175. The molecule has 1 aromatic heterocycles. The number of aromatic nitrogens is 2. The molecule has 31 heavy (non-hydrogen) atoms. The third-order valence-corrected chi connectivity index (χ3v) is 5.45. The molecule has 158 valence electrons. The minimum Gasteiger partial charge on any atom is -0.352 e. The molecule has 4 nitrogen and oxygen atoms in total. The summed E-state index contributed by atoms with van der Waals surface area (Å²) in [4.78, 5) is 16.9. The van der Waals surface area contributed by atoms with Crippen LogP contribution in [-0.4, -0.2) is 22.0 Å². The molecule has 0 aliphatic heterocycles. The van der Waals surface area contributed by atoms with Gasteiger partial charge in [-0.2, -0.15) is 0 Å². The van der Waals surface area contributed by atoms with Gasteiger partial charge in [-0.1, -0.05) is 41.9 Å². The molecule has 1 N–H and O–H groups in total. The summed E-state index contributed by atoms with van der Waals surface area (Å²) < 4.78 is 30.1. The lowest BCUT2D eigenvalue weighted by Gasteiger charge is -2.12. The second-order valence-corrected chi connectivity index (χ2v) is 7.55. The predicted molar refractivity (Wildman–Crippen MR) is 117 cm³/mol. The highest BCUT2D eigenvalue weighted by Gasteiger charge is 2.15. The summed E-state index contributed by atoms with van der Waals surface area (Å²) in [5.41, 5.74) is 2.11. The Kier molecular flexibility index (Phi) is 6.28. The first-order valence-electron chi connectivity index (χ1n) is 9.94. The molecule has 1 amide bonds. The van der Waals surface area contributed by atoms with Crippen molar-refractivity contribution in [2.75, 3.05) is 6.54 Å². The maximum atomic E-state index is 14.4. The van der Waals surface area contributed by atoms with Gasteiger partial charge in [-0.05, 0) is 42.8 Å². The van der Waals surface area contributed by atoms with Gasteiger partial charge in [0.05, 0.1) is 23.1 Å². The first-order chi connectivity index (χ1) is 15.0. The molecule has 0 aliphatic rings. The van der Waals surface area contributed by atoms with Crippen molar-refractivity contribution in [3.63, 3.8) is 0 Å². The van der Waals surface area contributed by atoms with Gasteiger partial charge in [-0.3, -0.25) is 4.79 Å². The van der Waals surface area contributed by atoms with Crippen molar-refractivity contribution in [1.82, 2.24) is 14.9 Å². The van der Waals surface area contributed by atoms with Gasteiger partial charge in [-0.15, -0.1) is 0 Å². The number of carbonyl (C=O) groups excluding carboxylic acids is 1. The van der Waals surface area contributed by atoms with Gasteiger partial charge in [0.1, 0.15) is 17.5 Å². The molecule has 4 rings (SSSR count). The van der Waals surface area contributed by atoms with Crippen molar-refractivity contribution in [1.29, 1.82) is 0 Å². The maximum Gasteiger partial charge on any atom is 0.254 e. The Balaban J connectivity index is 1.49. The zero-order chi connectivity index (χ0) is 21.8. The average Bonchev–Trinajstić information content (AvgIpc) is 3.11. The van der Waals surface area contributed by atoms with Crippen LogP contribution in [0.5, 0.6) is 0 Å². The molecule has 0 spiro atoms. The quantitative estimate of drug-likeness (QED) is 0.393. The van der Waals surface area contributed by atoms with E-state index in [0.29, 0.717) is 30.0 Å². The van der Waals surface area contributed by atoms with Crippen molar-refractivity contribution in [3.8, 4) is 0 Å². The van der Waals surface area contributed by atoms with Crippen LogP contribution in [0.1, 0.15) is 28.2 Å². The second kappa shape index (κ2) is 9.27. The Morgan fingerprint density at radius 2 is 1.71 bits per heavy atom. The van der Waals surface area contributed by atoms with E-state index in [4.69, 9.17) is 11.6 Å². The summed E-state index contributed by atoms with van der Waals surface area (Å²) in [6, 6.07) is 18.1. The van der Waals surface area contributed by atoms with Crippen LogP contribution in [0.25, 0.3) is 11.0 Å². The van der Waals surface area contributed by atoms with E-state index in [9.17, 15) is 13.6 Å². The van der Waals surface area contributed by atoms with E-state index in [1.165, 1.54) is 18.2 Å². The molecule has 0 bridgehead atoms. The van der Waals surface area contributed by atoms with E-state index in [0.717, 1.165) is 16.9 Å². The third kappa shape index (κ3) is 4.59. The molecular formula is C24H20ClF2N3O. The zero-order valence-corrected chi connectivity index (χ0v) is 17.4. The summed E-state index contributed by atoms with van der Waals surface area (Å²) >= 11 is 6.23. The molecule has 0 unspecified atom stereocenters. The van der Waals surface area contributed by atoms with Crippen LogP contribution in [0.2, 0.25) is 5.02 Å². The van der Waals surface area contributed by atoms with Gasteiger partial charge in [0, 0.05) is 23.6 Å². The second-order valence-electron chi connectivity index (χ2n) is 7.14. The number of aryl methyl sites for hydroxylation is 1. The molecule has 0 saturated carbocycles. The van der Waals surface area contributed by atoms with E-state index >= 15 is 0 Å². The number of hydrogen-bond donors (Lipinski definition) is 1. The Hall–Kier alpha value is -3.25. The number of hydrogen-bond acceptors (Lipinski definition) is 2. The Morgan fingerprint density at radius 1 is 0.968 bits per heavy atom. The van der Waals surface area contributed by atoms with Crippen molar-refractivity contribution >= 4 is 28.5 Å². The fourth-order valence-corrected chi connectivity index (χ4v) is 3.75. The first kappa shape index (κ1) is 21.0. The van der Waals surface area contributed by atoms with Crippen LogP contribution >= 0.6 is 11.6 Å². The van der Waals surface area contributed by atoms with E-state index in [1.54, 1.807) is 24.3 Å². The molecule has 0 fully saturated rings. The molecule has 3 aromatic carbocycles. The number of para-hydroxylation sites is 2. The monoisotopic (exact) mass is 439 g/mol. The first-order valence-corrected chi connectivity index (χ1v) is 10.3. The van der Waals surface area contributed by atoms with Gasteiger partial charge >= 0.3 is 0 Å². The van der Waals surface area contributed by atoms with E-state index in [1.807, 2.05) is 28.8 Å². The summed E-state index contributed by atoms with van der Waals surface area (Å²) in [6.07, 6.45) is 1.15. The van der Waals surface area contributed by atoms with Crippen LogP contribution in [0, 0.1) is 11.6 Å². The number of halogens is 3. The van der Waals surface area contributed by atoms with E-state index < -0.39 is 11.7 Å². The zero-order valence-electron chi connectivity index (χ0n) is 16.6. The SMILES string of the molecule is O=C(NCCCc1nc2ccccc2n1Cc1c(F)cccc1Cl)c1ccccc1F. The van der Waals surface area contributed by atoms with Crippen LogP contribution < -0.4 is 5.32 Å². The van der Waals surface area contributed by atoms with Gasteiger partial charge in [0.2, 0.25) is 0 Å². The lowest BCUT2D eigenvalue weighted by atomic mass is 10.2. The van der Waals surface area contributed by atoms with E-state index in [2.05, 4.69) is 10.3 Å². The Bertz CT molecular complexity index is 1220. The van der Waals surface area contributed by atoms with Crippen LogP contribution in [0.4, 0.5) is 8.78 Å². The predicted octanol–water partition coefficient (Wildman–Crippen LogP) is 5.38. The molecule has 0 aliphatic carbocycles. The fourth-order valence-electron chi connectivity index (χ4n) is 3.52. The summed E-state index contributed by atoms with van der Waals surface area (Å²) in [5, 5.41) is 3.10. The molecule has 7 heteroatoms. The Labute approximate surface area is 183 Å².